The van der Waals surface area contributed by atoms with Crippen LogP contribution in [-0.2, 0) is 6.18 Å². The van der Waals surface area contributed by atoms with Crippen LogP contribution in [-0.4, -0.2) is 5.16 Å². The second kappa shape index (κ2) is 4.48. The fourth-order valence-corrected chi connectivity index (χ4v) is 1.60. The Labute approximate surface area is 102 Å². The monoisotopic (exact) mass is 255 g/mol. The highest BCUT2D eigenvalue weighted by Crippen LogP contribution is 2.32. The minimum Gasteiger partial charge on any atom is -0.356 e. The third-order valence-corrected chi connectivity index (χ3v) is 2.64. The van der Waals surface area contributed by atoms with E-state index in [9.17, 15) is 13.2 Å². The third-order valence-electron chi connectivity index (χ3n) is 2.64. The molecule has 2 nitrogen and oxygen atoms in total. The summed E-state index contributed by atoms with van der Waals surface area (Å²) in [6.07, 6.45) is -4.47. The first-order chi connectivity index (χ1) is 8.38. The van der Waals surface area contributed by atoms with E-state index in [1.54, 1.807) is 12.1 Å². The molecule has 2 aromatic rings. The largest absolute Gasteiger partial charge is 0.436 e. The zero-order valence-electron chi connectivity index (χ0n) is 9.95. The van der Waals surface area contributed by atoms with E-state index in [1.165, 1.54) is 0 Å². The van der Waals surface area contributed by atoms with Gasteiger partial charge in [0.2, 0.25) is 0 Å². The Morgan fingerprint density at radius 3 is 2.44 bits per heavy atom. The van der Waals surface area contributed by atoms with Crippen molar-refractivity contribution in [3.05, 3.63) is 41.6 Å². The van der Waals surface area contributed by atoms with E-state index in [1.807, 2.05) is 26.0 Å². The van der Waals surface area contributed by atoms with E-state index in [-0.39, 0.29) is 5.76 Å². The lowest BCUT2D eigenvalue weighted by molar-refractivity contribution is -0.142. The third kappa shape index (κ3) is 2.55. The topological polar surface area (TPSA) is 26.0 Å². The zero-order chi connectivity index (χ0) is 13.3. The van der Waals surface area contributed by atoms with Crippen LogP contribution in [0.3, 0.4) is 0 Å². The van der Waals surface area contributed by atoms with Crippen LogP contribution < -0.4 is 0 Å². The molecule has 0 saturated heterocycles. The van der Waals surface area contributed by atoms with Crippen LogP contribution in [0, 0.1) is 0 Å². The van der Waals surface area contributed by atoms with E-state index >= 15 is 0 Å². The molecule has 0 aliphatic carbocycles. The van der Waals surface area contributed by atoms with Crippen molar-refractivity contribution < 1.29 is 17.7 Å². The summed E-state index contributed by atoms with van der Waals surface area (Å²) in [5.41, 5.74) is 0.633. The molecule has 0 aliphatic rings. The molecule has 0 bridgehead atoms. The Hall–Kier alpha value is -1.78. The lowest BCUT2D eigenvalue weighted by atomic mass is 10.00. The fourth-order valence-electron chi connectivity index (χ4n) is 1.60. The SMILES string of the molecule is CC(C)c1cccc(-c2cc(C(F)(F)F)no2)c1. The molecule has 0 atom stereocenters. The summed E-state index contributed by atoms with van der Waals surface area (Å²) in [6.45, 7) is 4.03. The van der Waals surface area contributed by atoms with Crippen LogP contribution in [0.15, 0.2) is 34.9 Å². The standard InChI is InChI=1S/C13H12F3NO/c1-8(2)9-4-3-5-10(6-9)11-7-12(17-18-11)13(14,15)16/h3-8H,1-2H3. The van der Waals surface area contributed by atoms with Gasteiger partial charge in [-0.25, -0.2) is 0 Å². The van der Waals surface area contributed by atoms with Crippen molar-refractivity contribution in [1.82, 2.24) is 5.16 Å². The number of nitrogens with zero attached hydrogens (tertiary/aromatic N) is 1. The maximum Gasteiger partial charge on any atom is 0.436 e. The smallest absolute Gasteiger partial charge is 0.356 e. The number of hydrogen-bond acceptors (Lipinski definition) is 2. The summed E-state index contributed by atoms with van der Waals surface area (Å²) >= 11 is 0. The second-order valence-electron chi connectivity index (χ2n) is 4.35. The molecule has 5 heteroatoms. The molecule has 18 heavy (non-hydrogen) atoms. The average Bonchev–Trinajstić information content (AvgIpc) is 2.78. The lowest BCUT2D eigenvalue weighted by Gasteiger charge is -2.05. The van der Waals surface area contributed by atoms with E-state index in [0.717, 1.165) is 11.6 Å². The first kappa shape index (κ1) is 12.7. The summed E-state index contributed by atoms with van der Waals surface area (Å²) in [7, 11) is 0. The molecule has 0 N–H and O–H groups in total. The van der Waals surface area contributed by atoms with Crippen molar-refractivity contribution in [2.45, 2.75) is 25.9 Å². The van der Waals surface area contributed by atoms with Crippen molar-refractivity contribution in [1.29, 1.82) is 0 Å². The van der Waals surface area contributed by atoms with E-state index in [2.05, 4.69) is 5.16 Å². The summed E-state index contributed by atoms with van der Waals surface area (Å²) < 4.78 is 41.9. The summed E-state index contributed by atoms with van der Waals surface area (Å²) in [5.74, 6) is 0.430. The van der Waals surface area contributed by atoms with Crippen molar-refractivity contribution in [2.24, 2.45) is 0 Å². The van der Waals surface area contributed by atoms with E-state index in [4.69, 9.17) is 4.52 Å². The number of benzene rings is 1. The van der Waals surface area contributed by atoms with Crippen LogP contribution in [0.25, 0.3) is 11.3 Å². The molecule has 2 rings (SSSR count). The van der Waals surface area contributed by atoms with Crippen molar-refractivity contribution >= 4 is 0 Å². The fraction of sp³-hybridized carbons (Fsp3) is 0.308. The quantitative estimate of drug-likeness (QED) is 0.790. The Balaban J connectivity index is 2.37. The van der Waals surface area contributed by atoms with Gasteiger partial charge in [-0.05, 0) is 17.5 Å². The maximum atomic E-state index is 12.4. The summed E-state index contributed by atoms with van der Waals surface area (Å²) in [5, 5.41) is 3.04. The second-order valence-corrected chi connectivity index (χ2v) is 4.35. The van der Waals surface area contributed by atoms with Gasteiger partial charge in [0.1, 0.15) is 0 Å². The van der Waals surface area contributed by atoms with Crippen LogP contribution in [0.4, 0.5) is 13.2 Å². The Bertz CT molecular complexity index is 543. The predicted molar refractivity (Wildman–Crippen MR) is 61.0 cm³/mol. The number of alkyl halides is 3. The Morgan fingerprint density at radius 2 is 1.89 bits per heavy atom. The normalized spacial score (nSPS) is 12.1. The molecule has 0 unspecified atom stereocenters. The van der Waals surface area contributed by atoms with Gasteiger partial charge in [-0.1, -0.05) is 37.2 Å². The van der Waals surface area contributed by atoms with Crippen LogP contribution in [0.1, 0.15) is 31.0 Å². The predicted octanol–water partition coefficient (Wildman–Crippen LogP) is 4.48. The molecule has 0 spiro atoms. The molecular formula is C13H12F3NO. The van der Waals surface area contributed by atoms with Crippen LogP contribution in [0.5, 0.6) is 0 Å². The van der Waals surface area contributed by atoms with Gasteiger partial charge in [0.05, 0.1) is 0 Å². The molecule has 0 saturated carbocycles. The van der Waals surface area contributed by atoms with Gasteiger partial charge in [-0.3, -0.25) is 0 Å². The highest BCUT2D eigenvalue weighted by molar-refractivity contribution is 5.58. The molecule has 1 aromatic heterocycles. The van der Waals surface area contributed by atoms with E-state index < -0.39 is 11.9 Å². The summed E-state index contributed by atoms with van der Waals surface area (Å²) in [4.78, 5) is 0. The van der Waals surface area contributed by atoms with Crippen molar-refractivity contribution in [3.63, 3.8) is 0 Å². The highest BCUT2D eigenvalue weighted by atomic mass is 19.4. The molecular weight excluding hydrogens is 243 g/mol. The highest BCUT2D eigenvalue weighted by Gasteiger charge is 2.35. The summed E-state index contributed by atoms with van der Waals surface area (Å²) in [6, 6.07) is 8.15. The van der Waals surface area contributed by atoms with Gasteiger partial charge in [0.25, 0.3) is 0 Å². The molecule has 1 aromatic carbocycles. The molecule has 0 amide bonds. The minimum absolute atomic E-state index is 0.129. The van der Waals surface area contributed by atoms with E-state index in [0.29, 0.717) is 11.5 Å². The molecule has 1 heterocycles. The van der Waals surface area contributed by atoms with Crippen LogP contribution >= 0.6 is 0 Å². The van der Waals surface area contributed by atoms with Gasteiger partial charge >= 0.3 is 6.18 Å². The van der Waals surface area contributed by atoms with Gasteiger partial charge in [-0.2, -0.15) is 13.2 Å². The van der Waals surface area contributed by atoms with Crippen LogP contribution in [0.2, 0.25) is 0 Å². The first-order valence-corrected chi connectivity index (χ1v) is 5.52. The first-order valence-electron chi connectivity index (χ1n) is 5.52. The lowest BCUT2D eigenvalue weighted by Crippen LogP contribution is -2.04. The molecule has 0 fully saturated rings. The maximum absolute atomic E-state index is 12.4. The van der Waals surface area contributed by atoms with Crippen molar-refractivity contribution in [3.8, 4) is 11.3 Å². The molecule has 96 valence electrons. The van der Waals surface area contributed by atoms with Gasteiger partial charge in [0, 0.05) is 11.6 Å². The van der Waals surface area contributed by atoms with Gasteiger partial charge < -0.3 is 4.52 Å². The van der Waals surface area contributed by atoms with Crippen molar-refractivity contribution in [2.75, 3.05) is 0 Å². The Morgan fingerprint density at radius 1 is 1.17 bits per heavy atom. The number of hydrogen-bond donors (Lipinski definition) is 0. The number of halogens is 3. The molecule has 0 aliphatic heterocycles. The number of rotatable bonds is 2. The minimum atomic E-state index is -4.47. The van der Waals surface area contributed by atoms with Gasteiger partial charge in [-0.15, -0.1) is 0 Å². The van der Waals surface area contributed by atoms with Gasteiger partial charge in [0.15, 0.2) is 11.5 Å². The molecule has 0 radical (unpaired) electrons. The Kier molecular flexibility index (Phi) is 3.15. The average molecular weight is 255 g/mol. The zero-order valence-corrected chi connectivity index (χ0v) is 9.95. The number of aromatic nitrogens is 1.